The zero-order valence-corrected chi connectivity index (χ0v) is 15.7. The first-order valence-corrected chi connectivity index (χ1v) is 9.12. The number of rotatable bonds is 6. The standard InChI is InChI=1S/C17H15Cl2N3O2S/c1-11(23)24-6-5-20-15-8-12(2-3-13(15)18)22-9-16(21-10-22)17-14(19)4-7-25-17/h2-4,7-10,20H,5-6H2,1H3. The summed E-state index contributed by atoms with van der Waals surface area (Å²) in [7, 11) is 0. The number of anilines is 1. The third-order valence-electron chi connectivity index (χ3n) is 3.40. The number of nitrogens with one attached hydrogen (secondary N) is 1. The number of esters is 1. The van der Waals surface area contributed by atoms with E-state index in [1.807, 2.05) is 40.4 Å². The van der Waals surface area contributed by atoms with Gasteiger partial charge in [0, 0.05) is 25.4 Å². The van der Waals surface area contributed by atoms with Crippen LogP contribution in [0.5, 0.6) is 0 Å². The van der Waals surface area contributed by atoms with Crippen molar-refractivity contribution in [2.24, 2.45) is 0 Å². The number of carbonyl (C=O) groups excluding carboxylic acids is 1. The van der Waals surface area contributed by atoms with Gasteiger partial charge in [-0.2, -0.15) is 0 Å². The van der Waals surface area contributed by atoms with Crippen molar-refractivity contribution in [3.63, 3.8) is 0 Å². The number of imidazole rings is 1. The predicted molar refractivity (Wildman–Crippen MR) is 102 cm³/mol. The molecular formula is C17H15Cl2N3O2S. The second-order valence-corrected chi connectivity index (χ2v) is 6.93. The maximum Gasteiger partial charge on any atom is 0.302 e. The van der Waals surface area contributed by atoms with E-state index in [0.717, 1.165) is 21.9 Å². The van der Waals surface area contributed by atoms with Gasteiger partial charge in [-0.25, -0.2) is 4.98 Å². The Balaban J connectivity index is 1.77. The first-order chi connectivity index (χ1) is 12.0. The Morgan fingerprint density at radius 3 is 2.88 bits per heavy atom. The maximum atomic E-state index is 10.8. The number of nitrogens with zero attached hydrogens (tertiary/aromatic N) is 2. The van der Waals surface area contributed by atoms with Gasteiger partial charge < -0.3 is 14.6 Å². The largest absolute Gasteiger partial charge is 0.464 e. The number of hydrogen-bond acceptors (Lipinski definition) is 5. The summed E-state index contributed by atoms with van der Waals surface area (Å²) in [6, 6.07) is 7.48. The van der Waals surface area contributed by atoms with E-state index in [1.165, 1.54) is 6.92 Å². The minimum atomic E-state index is -0.306. The molecule has 0 bridgehead atoms. The molecule has 0 radical (unpaired) electrons. The molecule has 130 valence electrons. The lowest BCUT2D eigenvalue weighted by Crippen LogP contribution is -2.12. The molecular weight excluding hydrogens is 381 g/mol. The first kappa shape index (κ1) is 17.8. The fraction of sp³-hybridized carbons (Fsp3) is 0.176. The van der Waals surface area contributed by atoms with E-state index in [4.69, 9.17) is 27.9 Å². The summed E-state index contributed by atoms with van der Waals surface area (Å²) in [5.74, 6) is -0.306. The van der Waals surface area contributed by atoms with Gasteiger partial charge in [0.2, 0.25) is 0 Å². The Morgan fingerprint density at radius 1 is 1.32 bits per heavy atom. The van der Waals surface area contributed by atoms with Crippen molar-refractivity contribution in [2.45, 2.75) is 6.92 Å². The zero-order valence-electron chi connectivity index (χ0n) is 13.3. The van der Waals surface area contributed by atoms with Gasteiger partial charge in [0.15, 0.2) is 0 Å². The van der Waals surface area contributed by atoms with Crippen LogP contribution in [-0.2, 0) is 9.53 Å². The summed E-state index contributed by atoms with van der Waals surface area (Å²) < 4.78 is 6.80. The molecule has 0 saturated heterocycles. The van der Waals surface area contributed by atoms with Crippen LogP contribution in [0.1, 0.15) is 6.92 Å². The number of benzene rings is 1. The van der Waals surface area contributed by atoms with E-state index in [0.29, 0.717) is 16.6 Å². The van der Waals surface area contributed by atoms with Crippen LogP contribution in [0.2, 0.25) is 10.0 Å². The van der Waals surface area contributed by atoms with Gasteiger partial charge >= 0.3 is 5.97 Å². The number of aromatic nitrogens is 2. The van der Waals surface area contributed by atoms with Crippen LogP contribution in [0.4, 0.5) is 5.69 Å². The average molecular weight is 396 g/mol. The molecule has 0 aliphatic carbocycles. The fourth-order valence-corrected chi connectivity index (χ4v) is 3.55. The molecule has 0 unspecified atom stereocenters. The smallest absolute Gasteiger partial charge is 0.302 e. The van der Waals surface area contributed by atoms with Gasteiger partial charge in [0.25, 0.3) is 0 Å². The molecule has 25 heavy (non-hydrogen) atoms. The SMILES string of the molecule is CC(=O)OCCNc1cc(-n2cnc(-c3sccc3Cl)c2)ccc1Cl. The summed E-state index contributed by atoms with van der Waals surface area (Å²) in [5.41, 5.74) is 2.49. The average Bonchev–Trinajstić information content (AvgIpc) is 3.21. The molecule has 3 rings (SSSR count). The highest BCUT2D eigenvalue weighted by atomic mass is 35.5. The van der Waals surface area contributed by atoms with Gasteiger partial charge in [-0.05, 0) is 29.6 Å². The molecule has 0 spiro atoms. The maximum absolute atomic E-state index is 10.8. The Bertz CT molecular complexity index is 892. The Labute approximate surface area is 159 Å². The van der Waals surface area contributed by atoms with Crippen molar-refractivity contribution in [1.82, 2.24) is 9.55 Å². The number of halogens is 2. The molecule has 0 aliphatic rings. The third-order valence-corrected chi connectivity index (χ3v) is 5.10. The van der Waals surface area contributed by atoms with Crippen molar-refractivity contribution in [3.8, 4) is 16.3 Å². The minimum absolute atomic E-state index is 0.280. The first-order valence-electron chi connectivity index (χ1n) is 7.49. The zero-order chi connectivity index (χ0) is 17.8. The van der Waals surface area contributed by atoms with Crippen LogP contribution in [0, 0.1) is 0 Å². The van der Waals surface area contributed by atoms with E-state index in [2.05, 4.69) is 10.3 Å². The van der Waals surface area contributed by atoms with Crippen molar-refractivity contribution in [2.75, 3.05) is 18.5 Å². The van der Waals surface area contributed by atoms with Crippen LogP contribution in [0.25, 0.3) is 16.3 Å². The molecule has 2 heterocycles. The normalized spacial score (nSPS) is 10.7. The molecule has 0 amide bonds. The molecule has 1 N–H and O–H groups in total. The highest BCUT2D eigenvalue weighted by Gasteiger charge is 2.10. The number of thiophene rings is 1. The topological polar surface area (TPSA) is 56.1 Å². The van der Waals surface area contributed by atoms with Gasteiger partial charge in [-0.15, -0.1) is 11.3 Å². The number of ether oxygens (including phenoxy) is 1. The van der Waals surface area contributed by atoms with Crippen LogP contribution in [0.15, 0.2) is 42.2 Å². The Hall–Kier alpha value is -2.02. The molecule has 8 heteroatoms. The summed E-state index contributed by atoms with van der Waals surface area (Å²) in [6.07, 6.45) is 3.65. The predicted octanol–water partition coefficient (Wildman–Crippen LogP) is 4.88. The second kappa shape index (κ2) is 7.91. The molecule has 0 saturated carbocycles. The molecule has 5 nitrogen and oxygen atoms in total. The lowest BCUT2D eigenvalue weighted by atomic mass is 10.2. The van der Waals surface area contributed by atoms with Gasteiger partial charge in [-0.3, -0.25) is 4.79 Å². The fourth-order valence-electron chi connectivity index (χ4n) is 2.25. The highest BCUT2D eigenvalue weighted by molar-refractivity contribution is 7.14. The summed E-state index contributed by atoms with van der Waals surface area (Å²) in [6.45, 7) is 2.13. The minimum Gasteiger partial charge on any atom is -0.464 e. The highest BCUT2D eigenvalue weighted by Crippen LogP contribution is 2.32. The molecule has 0 aliphatic heterocycles. The van der Waals surface area contributed by atoms with Crippen molar-refractivity contribution in [1.29, 1.82) is 0 Å². The number of hydrogen-bond donors (Lipinski definition) is 1. The number of carbonyl (C=O) groups is 1. The van der Waals surface area contributed by atoms with E-state index >= 15 is 0 Å². The summed E-state index contributed by atoms with van der Waals surface area (Å²) in [5, 5.41) is 6.38. The van der Waals surface area contributed by atoms with Crippen LogP contribution in [-0.4, -0.2) is 28.7 Å². The van der Waals surface area contributed by atoms with E-state index in [9.17, 15) is 4.79 Å². The van der Waals surface area contributed by atoms with E-state index in [-0.39, 0.29) is 12.6 Å². The Morgan fingerprint density at radius 2 is 2.16 bits per heavy atom. The Kier molecular flexibility index (Phi) is 5.63. The molecule has 0 atom stereocenters. The molecule has 2 aromatic heterocycles. The van der Waals surface area contributed by atoms with Crippen LogP contribution < -0.4 is 5.32 Å². The lowest BCUT2D eigenvalue weighted by Gasteiger charge is -2.11. The van der Waals surface area contributed by atoms with Crippen molar-refractivity contribution in [3.05, 3.63) is 52.2 Å². The monoisotopic (exact) mass is 395 g/mol. The van der Waals surface area contributed by atoms with Crippen molar-refractivity contribution < 1.29 is 9.53 Å². The van der Waals surface area contributed by atoms with Gasteiger partial charge in [0.05, 0.1) is 26.9 Å². The van der Waals surface area contributed by atoms with Gasteiger partial charge in [-0.1, -0.05) is 23.2 Å². The third kappa shape index (κ3) is 4.34. The molecule has 3 aromatic rings. The molecule has 0 fully saturated rings. The molecule has 1 aromatic carbocycles. The van der Waals surface area contributed by atoms with Crippen LogP contribution in [0.3, 0.4) is 0 Å². The summed E-state index contributed by atoms with van der Waals surface area (Å²) >= 11 is 13.9. The van der Waals surface area contributed by atoms with Gasteiger partial charge in [0.1, 0.15) is 12.3 Å². The quantitative estimate of drug-likeness (QED) is 0.477. The van der Waals surface area contributed by atoms with E-state index in [1.54, 1.807) is 17.7 Å². The van der Waals surface area contributed by atoms with Crippen molar-refractivity contribution >= 4 is 46.2 Å². The summed E-state index contributed by atoms with van der Waals surface area (Å²) in [4.78, 5) is 16.1. The second-order valence-electron chi connectivity index (χ2n) is 5.19. The van der Waals surface area contributed by atoms with E-state index < -0.39 is 0 Å². The lowest BCUT2D eigenvalue weighted by molar-refractivity contribution is -0.140. The van der Waals surface area contributed by atoms with Crippen LogP contribution >= 0.6 is 34.5 Å².